The number of benzene rings is 1. The third-order valence-electron chi connectivity index (χ3n) is 3.33. The minimum absolute atomic E-state index is 0.0904. The summed E-state index contributed by atoms with van der Waals surface area (Å²) in [6.07, 6.45) is 0. The first-order valence-corrected chi connectivity index (χ1v) is 9.39. The molecule has 1 aliphatic rings. The van der Waals surface area contributed by atoms with Gasteiger partial charge in [0, 0.05) is 29.9 Å². The SMILES string of the molecule is CC(=O)Sc1[s+]sc2c1-c1ccc(C)cc1NC2(C)C. The van der Waals surface area contributed by atoms with Gasteiger partial charge in [-0.2, -0.15) is 0 Å². The number of hydrogen-bond donors (Lipinski definition) is 1. The number of nitrogens with one attached hydrogen (secondary N) is 1. The Morgan fingerprint density at radius 1 is 1.40 bits per heavy atom. The minimum atomic E-state index is -0.0904. The van der Waals surface area contributed by atoms with Crippen molar-refractivity contribution >= 4 is 43.2 Å². The van der Waals surface area contributed by atoms with Crippen LogP contribution in [0.15, 0.2) is 22.4 Å². The van der Waals surface area contributed by atoms with Crippen LogP contribution in [-0.4, -0.2) is 5.12 Å². The molecule has 2 heterocycles. The van der Waals surface area contributed by atoms with Crippen molar-refractivity contribution in [3.63, 3.8) is 0 Å². The van der Waals surface area contributed by atoms with Crippen molar-refractivity contribution in [2.75, 3.05) is 5.32 Å². The van der Waals surface area contributed by atoms with Crippen LogP contribution in [0.3, 0.4) is 0 Å². The minimum Gasteiger partial charge on any atom is -0.375 e. The number of aryl methyl sites for hydroxylation is 1. The van der Waals surface area contributed by atoms with E-state index in [9.17, 15) is 4.79 Å². The highest BCUT2D eigenvalue weighted by molar-refractivity contribution is 8.16. The lowest BCUT2D eigenvalue weighted by Crippen LogP contribution is -2.30. The van der Waals surface area contributed by atoms with Crippen LogP contribution in [0, 0.1) is 6.92 Å². The Morgan fingerprint density at radius 3 is 2.85 bits per heavy atom. The van der Waals surface area contributed by atoms with E-state index in [0.717, 1.165) is 4.21 Å². The maximum atomic E-state index is 11.5. The first-order valence-electron chi connectivity index (χ1n) is 6.43. The summed E-state index contributed by atoms with van der Waals surface area (Å²) in [5.74, 6) is 0. The summed E-state index contributed by atoms with van der Waals surface area (Å²) in [5, 5.41) is 3.77. The molecule has 0 fully saturated rings. The van der Waals surface area contributed by atoms with Gasteiger partial charge in [0.2, 0.25) is 0 Å². The van der Waals surface area contributed by atoms with Gasteiger partial charge in [-0.3, -0.25) is 4.79 Å². The molecule has 20 heavy (non-hydrogen) atoms. The highest BCUT2D eigenvalue weighted by Crippen LogP contribution is 2.53. The quantitative estimate of drug-likeness (QED) is 0.435. The van der Waals surface area contributed by atoms with E-state index >= 15 is 0 Å². The summed E-state index contributed by atoms with van der Waals surface area (Å²) in [5.41, 5.74) is 4.78. The summed E-state index contributed by atoms with van der Waals surface area (Å²) < 4.78 is 1.12. The molecule has 0 aliphatic carbocycles. The number of thioether (sulfide) groups is 1. The van der Waals surface area contributed by atoms with E-state index in [2.05, 4.69) is 44.3 Å². The normalized spacial score (nSPS) is 15.2. The molecule has 2 nitrogen and oxygen atoms in total. The molecule has 0 saturated heterocycles. The molecule has 0 saturated carbocycles. The van der Waals surface area contributed by atoms with Gasteiger partial charge in [-0.05, 0) is 32.4 Å². The van der Waals surface area contributed by atoms with Gasteiger partial charge in [0.25, 0.3) is 4.21 Å². The van der Waals surface area contributed by atoms with Crippen molar-refractivity contribution in [2.45, 2.75) is 37.4 Å². The van der Waals surface area contributed by atoms with Gasteiger partial charge in [-0.25, -0.2) is 0 Å². The zero-order chi connectivity index (χ0) is 14.5. The molecule has 1 aromatic carbocycles. The van der Waals surface area contributed by atoms with Gasteiger partial charge in [0.1, 0.15) is 4.88 Å². The van der Waals surface area contributed by atoms with Gasteiger partial charge >= 0.3 is 10.3 Å². The van der Waals surface area contributed by atoms with Crippen molar-refractivity contribution in [2.24, 2.45) is 0 Å². The highest BCUT2D eigenvalue weighted by atomic mass is 32.9. The smallest absolute Gasteiger partial charge is 0.309 e. The molecule has 0 atom stereocenters. The molecule has 0 spiro atoms. The van der Waals surface area contributed by atoms with Crippen LogP contribution in [0.4, 0.5) is 5.69 Å². The van der Waals surface area contributed by atoms with E-state index in [1.165, 1.54) is 39.0 Å². The summed E-state index contributed by atoms with van der Waals surface area (Å²) in [6, 6.07) is 6.48. The van der Waals surface area contributed by atoms with Crippen LogP contribution in [0.5, 0.6) is 0 Å². The van der Waals surface area contributed by atoms with E-state index < -0.39 is 0 Å². The standard InChI is InChI=1S/C15H16NOS3/c1-8-5-6-10-11(7-8)16-15(3,4)13-12(10)14(20-19-13)18-9(2)17/h5-7,16H,1-4H3/q+1. The fourth-order valence-corrected chi connectivity index (χ4v) is 6.89. The van der Waals surface area contributed by atoms with Crippen LogP contribution >= 0.6 is 32.4 Å². The fourth-order valence-electron chi connectivity index (χ4n) is 2.48. The average molecular weight is 323 g/mol. The Labute approximate surface area is 130 Å². The predicted octanol–water partition coefficient (Wildman–Crippen LogP) is 5.37. The van der Waals surface area contributed by atoms with Crippen LogP contribution in [0.1, 0.15) is 31.2 Å². The molecular formula is C15H16NOS3+. The Kier molecular flexibility index (Phi) is 3.39. The van der Waals surface area contributed by atoms with E-state index in [0.29, 0.717) is 0 Å². The van der Waals surface area contributed by atoms with Crippen LogP contribution in [0.25, 0.3) is 11.1 Å². The highest BCUT2D eigenvalue weighted by Gasteiger charge is 2.40. The number of rotatable bonds is 1. The number of anilines is 1. The number of carbonyl (C=O) groups is 1. The van der Waals surface area contributed by atoms with Crippen molar-refractivity contribution in [3.8, 4) is 11.1 Å². The molecule has 2 aromatic rings. The second kappa shape index (κ2) is 4.83. The monoisotopic (exact) mass is 322 g/mol. The first-order chi connectivity index (χ1) is 9.38. The van der Waals surface area contributed by atoms with E-state index in [4.69, 9.17) is 0 Å². The zero-order valence-corrected chi connectivity index (χ0v) is 14.3. The average Bonchev–Trinajstić information content (AvgIpc) is 2.72. The van der Waals surface area contributed by atoms with E-state index in [1.54, 1.807) is 27.6 Å². The van der Waals surface area contributed by atoms with E-state index in [1.807, 2.05) is 0 Å². The van der Waals surface area contributed by atoms with Gasteiger partial charge in [0.15, 0.2) is 15.5 Å². The second-order valence-corrected chi connectivity index (χ2v) is 9.15. The Morgan fingerprint density at radius 2 is 2.15 bits per heavy atom. The molecule has 0 unspecified atom stereocenters. The molecule has 1 N–H and O–H groups in total. The predicted molar refractivity (Wildman–Crippen MR) is 90.0 cm³/mol. The Balaban J connectivity index is 2.24. The fraction of sp³-hybridized carbons (Fsp3) is 0.333. The largest absolute Gasteiger partial charge is 0.375 e. The number of fused-ring (bicyclic) bond motifs is 3. The Bertz CT molecular complexity index is 703. The summed E-state index contributed by atoms with van der Waals surface area (Å²) in [6.45, 7) is 8.13. The van der Waals surface area contributed by atoms with Gasteiger partial charge in [-0.15, -0.1) is 0 Å². The molecule has 0 bridgehead atoms. The molecule has 1 aromatic heterocycles. The molecule has 0 amide bonds. The molecule has 3 rings (SSSR count). The van der Waals surface area contributed by atoms with Gasteiger partial charge in [-0.1, -0.05) is 12.1 Å². The lowest BCUT2D eigenvalue weighted by atomic mass is 9.89. The third kappa shape index (κ3) is 2.28. The van der Waals surface area contributed by atoms with Gasteiger partial charge < -0.3 is 5.32 Å². The summed E-state index contributed by atoms with van der Waals surface area (Å²) in [7, 11) is 3.48. The second-order valence-electron chi connectivity index (χ2n) is 5.55. The molecular weight excluding hydrogens is 306 g/mol. The maximum Gasteiger partial charge on any atom is 0.309 e. The topological polar surface area (TPSA) is 29.1 Å². The number of hydrogen-bond acceptors (Lipinski definition) is 4. The van der Waals surface area contributed by atoms with Gasteiger partial charge in [0.05, 0.1) is 11.1 Å². The van der Waals surface area contributed by atoms with Crippen molar-refractivity contribution in [1.82, 2.24) is 0 Å². The summed E-state index contributed by atoms with van der Waals surface area (Å²) >= 11 is 1.35. The maximum absolute atomic E-state index is 11.5. The van der Waals surface area contributed by atoms with E-state index in [-0.39, 0.29) is 10.7 Å². The Hall–Kier alpha value is -0.910. The number of carbonyl (C=O) groups excluding carboxylic acids is 1. The van der Waals surface area contributed by atoms with Crippen molar-refractivity contribution in [3.05, 3.63) is 28.6 Å². The van der Waals surface area contributed by atoms with Crippen LogP contribution in [-0.2, 0) is 10.3 Å². The van der Waals surface area contributed by atoms with Crippen LogP contribution in [0.2, 0.25) is 0 Å². The molecule has 104 valence electrons. The summed E-state index contributed by atoms with van der Waals surface area (Å²) in [4.78, 5) is 12.8. The molecule has 1 aliphatic heterocycles. The van der Waals surface area contributed by atoms with Crippen molar-refractivity contribution in [1.29, 1.82) is 0 Å². The lowest BCUT2D eigenvalue weighted by Gasteiger charge is -2.32. The zero-order valence-electron chi connectivity index (χ0n) is 11.9. The first kappa shape index (κ1) is 14.0. The molecule has 0 radical (unpaired) electrons. The third-order valence-corrected chi connectivity index (χ3v) is 7.39. The lowest BCUT2D eigenvalue weighted by molar-refractivity contribution is -0.109. The van der Waals surface area contributed by atoms with Crippen molar-refractivity contribution < 1.29 is 4.79 Å². The molecule has 5 heteroatoms. The van der Waals surface area contributed by atoms with Crippen LogP contribution < -0.4 is 5.32 Å².